The van der Waals surface area contributed by atoms with E-state index in [9.17, 15) is 9.50 Å². The highest BCUT2D eigenvalue weighted by atomic mass is 35.5. The van der Waals surface area contributed by atoms with Gasteiger partial charge in [0.2, 0.25) is 0 Å². The highest BCUT2D eigenvalue weighted by Gasteiger charge is 2.14. The fraction of sp³-hybridized carbons (Fsp3) is 0.333. The van der Waals surface area contributed by atoms with Gasteiger partial charge in [0.1, 0.15) is 11.9 Å². The Balaban J connectivity index is 2.18. The minimum Gasteiger partial charge on any atom is -0.386 e. The van der Waals surface area contributed by atoms with Crippen LogP contribution in [0, 0.1) is 5.82 Å². The van der Waals surface area contributed by atoms with Gasteiger partial charge in [-0.2, -0.15) is 0 Å². The molecule has 0 aliphatic rings. The third-order valence-electron chi connectivity index (χ3n) is 2.43. The van der Waals surface area contributed by atoms with Gasteiger partial charge in [-0.15, -0.1) is 22.9 Å². The monoisotopic (exact) mass is 274 g/mol. The fourth-order valence-corrected chi connectivity index (χ4v) is 2.50. The number of benzene rings is 1. The van der Waals surface area contributed by atoms with Crippen LogP contribution in [-0.4, -0.2) is 24.2 Å². The normalized spacial score (nSPS) is 13.1. The zero-order valence-electron chi connectivity index (χ0n) is 9.03. The number of aliphatic hydroxyl groups excluding tert-OH is 1. The topological polar surface area (TPSA) is 29.5 Å². The number of thiophene rings is 1. The van der Waals surface area contributed by atoms with Gasteiger partial charge >= 0.3 is 0 Å². The van der Waals surface area contributed by atoms with E-state index in [0.29, 0.717) is 12.5 Å². The van der Waals surface area contributed by atoms with Crippen molar-refractivity contribution in [1.82, 2.24) is 0 Å². The Morgan fingerprint density at radius 2 is 2.29 bits per heavy atom. The molecule has 17 heavy (non-hydrogen) atoms. The second-order valence-corrected chi connectivity index (χ2v) is 4.94. The molecule has 2 nitrogen and oxygen atoms in total. The molecule has 0 saturated carbocycles. The summed E-state index contributed by atoms with van der Waals surface area (Å²) in [5, 5.41) is 12.6. The van der Waals surface area contributed by atoms with Crippen LogP contribution in [0.1, 0.15) is 11.7 Å². The van der Waals surface area contributed by atoms with Crippen LogP contribution >= 0.6 is 22.9 Å². The van der Waals surface area contributed by atoms with Crippen LogP contribution in [0.5, 0.6) is 0 Å². The molecular weight excluding hydrogens is 263 g/mol. The number of aliphatic hydroxyl groups is 1. The molecule has 1 atom stereocenters. The summed E-state index contributed by atoms with van der Waals surface area (Å²) in [4.78, 5) is 0. The molecule has 1 aromatic heterocycles. The number of hydrogen-bond acceptors (Lipinski definition) is 3. The van der Waals surface area contributed by atoms with E-state index in [4.69, 9.17) is 16.3 Å². The van der Waals surface area contributed by atoms with Crippen LogP contribution in [-0.2, 0) is 4.74 Å². The Morgan fingerprint density at radius 1 is 1.47 bits per heavy atom. The Bertz CT molecular complexity index is 500. The van der Waals surface area contributed by atoms with E-state index in [1.807, 2.05) is 11.4 Å². The molecule has 0 aliphatic heterocycles. The van der Waals surface area contributed by atoms with E-state index < -0.39 is 11.9 Å². The summed E-state index contributed by atoms with van der Waals surface area (Å²) in [6, 6.07) is 5.01. The van der Waals surface area contributed by atoms with Crippen molar-refractivity contribution in [3.63, 3.8) is 0 Å². The first kappa shape index (κ1) is 12.8. The van der Waals surface area contributed by atoms with Crippen LogP contribution < -0.4 is 0 Å². The standard InChI is InChI=1S/C12H12ClFO2S/c13-2-3-16-7-11(15)9-5-8-1-4-17-12(8)6-10(9)14/h1,4-6,11,15H,2-3,7H2. The minimum atomic E-state index is -0.956. The smallest absolute Gasteiger partial charge is 0.130 e. The molecule has 0 bridgehead atoms. The number of halogens is 2. The van der Waals surface area contributed by atoms with Gasteiger partial charge in [0, 0.05) is 16.1 Å². The predicted molar refractivity (Wildman–Crippen MR) is 68.3 cm³/mol. The molecule has 1 aromatic carbocycles. The van der Waals surface area contributed by atoms with Crippen molar-refractivity contribution in [3.05, 3.63) is 35.0 Å². The van der Waals surface area contributed by atoms with Crippen molar-refractivity contribution in [3.8, 4) is 0 Å². The lowest BCUT2D eigenvalue weighted by Crippen LogP contribution is -2.10. The van der Waals surface area contributed by atoms with Crippen LogP contribution in [0.15, 0.2) is 23.6 Å². The van der Waals surface area contributed by atoms with Gasteiger partial charge in [-0.25, -0.2) is 4.39 Å². The largest absolute Gasteiger partial charge is 0.386 e. The van der Waals surface area contributed by atoms with Gasteiger partial charge in [0.25, 0.3) is 0 Å². The lowest BCUT2D eigenvalue weighted by Gasteiger charge is -2.12. The predicted octanol–water partition coefficient (Wildman–Crippen LogP) is 3.33. The number of hydrogen-bond donors (Lipinski definition) is 1. The van der Waals surface area contributed by atoms with E-state index in [-0.39, 0.29) is 12.2 Å². The van der Waals surface area contributed by atoms with Crippen molar-refractivity contribution < 1.29 is 14.2 Å². The lowest BCUT2D eigenvalue weighted by atomic mass is 10.1. The average molecular weight is 275 g/mol. The third-order valence-corrected chi connectivity index (χ3v) is 3.46. The highest BCUT2D eigenvalue weighted by molar-refractivity contribution is 7.17. The van der Waals surface area contributed by atoms with E-state index in [1.54, 1.807) is 6.07 Å². The molecule has 1 N–H and O–H groups in total. The molecule has 2 rings (SSSR count). The Hall–Kier alpha value is -0.680. The Morgan fingerprint density at radius 3 is 3.06 bits per heavy atom. The third kappa shape index (κ3) is 2.96. The van der Waals surface area contributed by atoms with Gasteiger partial charge in [-0.05, 0) is 29.0 Å². The molecule has 92 valence electrons. The zero-order chi connectivity index (χ0) is 12.3. The molecule has 5 heteroatoms. The van der Waals surface area contributed by atoms with Gasteiger partial charge < -0.3 is 9.84 Å². The van der Waals surface area contributed by atoms with Crippen LogP contribution in [0.2, 0.25) is 0 Å². The van der Waals surface area contributed by atoms with Crippen molar-refractivity contribution >= 4 is 33.0 Å². The maximum absolute atomic E-state index is 13.7. The second kappa shape index (κ2) is 5.78. The number of fused-ring (bicyclic) bond motifs is 1. The number of rotatable bonds is 5. The molecule has 0 spiro atoms. The first-order valence-electron chi connectivity index (χ1n) is 5.21. The van der Waals surface area contributed by atoms with Gasteiger partial charge in [-0.1, -0.05) is 0 Å². The van der Waals surface area contributed by atoms with Crippen molar-refractivity contribution in [2.24, 2.45) is 0 Å². The van der Waals surface area contributed by atoms with E-state index >= 15 is 0 Å². The highest BCUT2D eigenvalue weighted by Crippen LogP contribution is 2.27. The van der Waals surface area contributed by atoms with Crippen LogP contribution in [0.25, 0.3) is 10.1 Å². The fourth-order valence-electron chi connectivity index (χ4n) is 1.60. The van der Waals surface area contributed by atoms with Crippen molar-refractivity contribution in [2.45, 2.75) is 6.10 Å². The maximum atomic E-state index is 13.7. The number of alkyl halides is 1. The second-order valence-electron chi connectivity index (χ2n) is 3.61. The maximum Gasteiger partial charge on any atom is 0.130 e. The average Bonchev–Trinajstić information content (AvgIpc) is 2.75. The quantitative estimate of drug-likeness (QED) is 0.669. The lowest BCUT2D eigenvalue weighted by molar-refractivity contribution is 0.0411. The molecule has 1 heterocycles. The van der Waals surface area contributed by atoms with Gasteiger partial charge in [0.15, 0.2) is 0 Å². The zero-order valence-corrected chi connectivity index (χ0v) is 10.6. The summed E-state index contributed by atoms with van der Waals surface area (Å²) in [6.07, 6.45) is -0.956. The van der Waals surface area contributed by atoms with Crippen molar-refractivity contribution in [1.29, 1.82) is 0 Å². The summed E-state index contributed by atoms with van der Waals surface area (Å²) in [7, 11) is 0. The molecule has 0 saturated heterocycles. The Labute approximate surface area is 108 Å². The summed E-state index contributed by atoms with van der Waals surface area (Å²) in [6.45, 7) is 0.403. The van der Waals surface area contributed by atoms with Gasteiger partial charge in [0.05, 0.1) is 13.2 Å². The van der Waals surface area contributed by atoms with Crippen LogP contribution in [0.4, 0.5) is 4.39 Å². The molecule has 0 amide bonds. The van der Waals surface area contributed by atoms with Crippen LogP contribution in [0.3, 0.4) is 0 Å². The summed E-state index contributed by atoms with van der Waals surface area (Å²) < 4.78 is 19.7. The molecule has 0 fully saturated rings. The van der Waals surface area contributed by atoms with E-state index in [1.165, 1.54) is 17.4 Å². The molecule has 1 unspecified atom stereocenters. The minimum absolute atomic E-state index is 0.0548. The van der Waals surface area contributed by atoms with E-state index in [0.717, 1.165) is 10.1 Å². The summed E-state index contributed by atoms with van der Waals surface area (Å²) in [5.41, 5.74) is 0.269. The SMILES string of the molecule is OC(COCCCl)c1cc2ccsc2cc1F. The number of ether oxygens (including phenoxy) is 1. The summed E-state index contributed by atoms with van der Waals surface area (Å²) >= 11 is 6.92. The molecule has 0 radical (unpaired) electrons. The van der Waals surface area contributed by atoms with Gasteiger partial charge in [-0.3, -0.25) is 0 Å². The Kier molecular flexibility index (Phi) is 4.34. The molecule has 2 aromatic rings. The summed E-state index contributed by atoms with van der Waals surface area (Å²) in [5.74, 6) is -0.0411. The molecule has 0 aliphatic carbocycles. The first-order valence-corrected chi connectivity index (χ1v) is 6.62. The molecular formula is C12H12ClFO2S. The first-order chi connectivity index (χ1) is 8.22. The van der Waals surface area contributed by atoms with E-state index in [2.05, 4.69) is 0 Å². The van der Waals surface area contributed by atoms with Crippen molar-refractivity contribution in [2.75, 3.05) is 19.1 Å².